The molecule has 142 valence electrons. The first-order valence-corrected chi connectivity index (χ1v) is 9.61. The van der Waals surface area contributed by atoms with Crippen LogP contribution in [0, 0.1) is 13.8 Å². The number of aryl methyl sites for hydroxylation is 2. The van der Waals surface area contributed by atoms with E-state index in [2.05, 4.69) is 28.5 Å². The Balaban J connectivity index is 1.65. The lowest BCUT2D eigenvalue weighted by Crippen LogP contribution is -2.15. The average Bonchev–Trinajstić information content (AvgIpc) is 2.77. The van der Waals surface area contributed by atoms with Crippen molar-refractivity contribution in [3.63, 3.8) is 0 Å². The molecule has 0 aliphatic carbocycles. The van der Waals surface area contributed by atoms with E-state index in [1.54, 1.807) is 12.4 Å². The van der Waals surface area contributed by atoms with Gasteiger partial charge in [0.05, 0.1) is 5.56 Å². The van der Waals surface area contributed by atoms with E-state index in [-0.39, 0.29) is 5.91 Å². The van der Waals surface area contributed by atoms with Gasteiger partial charge in [0.1, 0.15) is 0 Å². The maximum atomic E-state index is 13.2. The fourth-order valence-electron chi connectivity index (χ4n) is 3.56. The number of hydrogen-bond acceptors (Lipinski definition) is 2. The molecule has 4 rings (SSSR count). The number of hydrogen-bond donors (Lipinski definition) is 1. The normalized spacial score (nSPS) is 10.6. The summed E-state index contributed by atoms with van der Waals surface area (Å²) in [6, 6.07) is 26.0. The zero-order valence-corrected chi connectivity index (χ0v) is 16.5. The van der Waals surface area contributed by atoms with Gasteiger partial charge in [0.15, 0.2) is 0 Å². The predicted molar refractivity (Wildman–Crippen MR) is 119 cm³/mol. The van der Waals surface area contributed by atoms with Gasteiger partial charge in [0.2, 0.25) is 0 Å². The van der Waals surface area contributed by atoms with Crippen molar-refractivity contribution >= 4 is 11.6 Å². The molecule has 0 atom stereocenters. The molecule has 3 nitrogen and oxygen atoms in total. The minimum absolute atomic E-state index is 0.106. The highest BCUT2D eigenvalue weighted by Crippen LogP contribution is 2.30. The van der Waals surface area contributed by atoms with E-state index in [1.807, 2.05) is 74.5 Å². The van der Waals surface area contributed by atoms with Gasteiger partial charge in [-0.05, 0) is 71.5 Å². The highest BCUT2D eigenvalue weighted by Gasteiger charge is 2.18. The molecule has 1 N–H and O–H groups in total. The van der Waals surface area contributed by atoms with Crippen molar-refractivity contribution in [3.8, 4) is 22.3 Å². The van der Waals surface area contributed by atoms with Gasteiger partial charge in [0, 0.05) is 18.1 Å². The van der Waals surface area contributed by atoms with Gasteiger partial charge in [0.25, 0.3) is 5.91 Å². The third-order valence-corrected chi connectivity index (χ3v) is 5.07. The number of anilines is 1. The zero-order valence-electron chi connectivity index (χ0n) is 16.5. The second kappa shape index (κ2) is 8.11. The Labute approximate surface area is 171 Å². The maximum Gasteiger partial charge on any atom is 0.256 e. The summed E-state index contributed by atoms with van der Waals surface area (Å²) in [5, 5.41) is 3.06. The van der Waals surface area contributed by atoms with Gasteiger partial charge in [-0.25, -0.2) is 0 Å². The van der Waals surface area contributed by atoms with Crippen LogP contribution in [0.1, 0.15) is 21.5 Å². The van der Waals surface area contributed by atoms with Crippen LogP contribution in [0.4, 0.5) is 5.69 Å². The number of rotatable bonds is 4. The van der Waals surface area contributed by atoms with Crippen LogP contribution in [0.3, 0.4) is 0 Å². The highest BCUT2D eigenvalue weighted by molar-refractivity contribution is 6.10. The average molecular weight is 378 g/mol. The Morgan fingerprint density at radius 3 is 2.00 bits per heavy atom. The molecule has 29 heavy (non-hydrogen) atoms. The fraction of sp³-hybridized carbons (Fsp3) is 0.0769. The molecule has 3 aromatic carbocycles. The van der Waals surface area contributed by atoms with E-state index in [0.717, 1.165) is 39.1 Å². The molecule has 1 amide bonds. The number of pyridine rings is 1. The predicted octanol–water partition coefficient (Wildman–Crippen LogP) is 6.28. The molecule has 4 aromatic rings. The molecule has 0 aliphatic heterocycles. The van der Waals surface area contributed by atoms with Crippen LogP contribution in [0.15, 0.2) is 91.3 Å². The topological polar surface area (TPSA) is 42.0 Å². The van der Waals surface area contributed by atoms with Crippen molar-refractivity contribution in [1.82, 2.24) is 4.98 Å². The van der Waals surface area contributed by atoms with Crippen molar-refractivity contribution in [2.24, 2.45) is 0 Å². The summed E-state index contributed by atoms with van der Waals surface area (Å²) in [7, 11) is 0. The molecule has 3 heteroatoms. The van der Waals surface area contributed by atoms with Crippen LogP contribution in [0.5, 0.6) is 0 Å². The largest absolute Gasteiger partial charge is 0.322 e. The third-order valence-electron chi connectivity index (χ3n) is 5.07. The van der Waals surface area contributed by atoms with Gasteiger partial charge in [-0.3, -0.25) is 9.78 Å². The molecule has 0 bridgehead atoms. The smallest absolute Gasteiger partial charge is 0.256 e. The highest BCUT2D eigenvalue weighted by atomic mass is 16.1. The van der Waals surface area contributed by atoms with E-state index >= 15 is 0 Å². The fourth-order valence-corrected chi connectivity index (χ4v) is 3.56. The Kier molecular flexibility index (Phi) is 5.21. The molecule has 0 saturated heterocycles. The lowest BCUT2D eigenvalue weighted by Gasteiger charge is -2.16. The van der Waals surface area contributed by atoms with Crippen LogP contribution in [0.2, 0.25) is 0 Å². The molecule has 0 aliphatic rings. The van der Waals surface area contributed by atoms with E-state index in [9.17, 15) is 4.79 Å². The summed E-state index contributed by atoms with van der Waals surface area (Å²) in [4.78, 5) is 17.3. The summed E-state index contributed by atoms with van der Waals surface area (Å²) in [6.07, 6.45) is 3.50. The van der Waals surface area contributed by atoms with Crippen molar-refractivity contribution in [2.75, 3.05) is 5.32 Å². The maximum absolute atomic E-state index is 13.2. The number of aromatic nitrogens is 1. The Hall–Kier alpha value is -3.72. The van der Waals surface area contributed by atoms with Crippen molar-refractivity contribution in [3.05, 3.63) is 108 Å². The van der Waals surface area contributed by atoms with Crippen LogP contribution in [-0.2, 0) is 0 Å². The summed E-state index contributed by atoms with van der Waals surface area (Å²) < 4.78 is 0. The summed E-state index contributed by atoms with van der Waals surface area (Å²) >= 11 is 0. The second-order valence-electron chi connectivity index (χ2n) is 7.08. The molecule has 0 radical (unpaired) electrons. The van der Waals surface area contributed by atoms with Crippen molar-refractivity contribution < 1.29 is 4.79 Å². The first-order chi connectivity index (χ1) is 14.1. The Morgan fingerprint density at radius 1 is 0.690 bits per heavy atom. The van der Waals surface area contributed by atoms with Crippen LogP contribution < -0.4 is 5.32 Å². The minimum Gasteiger partial charge on any atom is -0.322 e. The minimum atomic E-state index is -0.106. The molecule has 0 spiro atoms. The number of nitrogens with zero attached hydrogens (tertiary/aromatic N) is 1. The Morgan fingerprint density at radius 2 is 1.31 bits per heavy atom. The van der Waals surface area contributed by atoms with Crippen LogP contribution >= 0.6 is 0 Å². The molecule has 0 fully saturated rings. The number of carbonyl (C=O) groups excluding carboxylic acids is 1. The summed E-state index contributed by atoms with van der Waals surface area (Å²) in [5.74, 6) is -0.106. The van der Waals surface area contributed by atoms with E-state index in [0.29, 0.717) is 5.56 Å². The molecule has 0 unspecified atom stereocenters. The zero-order chi connectivity index (χ0) is 20.2. The number of nitrogens with one attached hydrogen (secondary N) is 1. The standard InChI is InChI=1S/C26H22N2O/c1-18-8-9-19(2)25(24(18)22-14-16-27-17-15-22)26(29)28-23-12-10-21(11-13-23)20-6-4-3-5-7-20/h3-17H,1-2H3,(H,28,29). The van der Waals surface area contributed by atoms with E-state index < -0.39 is 0 Å². The van der Waals surface area contributed by atoms with Gasteiger partial charge in [-0.1, -0.05) is 54.6 Å². The molecular weight excluding hydrogens is 356 g/mol. The lowest BCUT2D eigenvalue weighted by molar-refractivity contribution is 0.102. The monoisotopic (exact) mass is 378 g/mol. The van der Waals surface area contributed by atoms with E-state index in [4.69, 9.17) is 0 Å². The second-order valence-corrected chi connectivity index (χ2v) is 7.08. The number of amides is 1. The number of carbonyl (C=O) groups is 1. The third kappa shape index (κ3) is 3.94. The van der Waals surface area contributed by atoms with Gasteiger partial charge < -0.3 is 5.32 Å². The van der Waals surface area contributed by atoms with Crippen molar-refractivity contribution in [2.45, 2.75) is 13.8 Å². The first kappa shape index (κ1) is 18.6. The summed E-state index contributed by atoms with van der Waals surface area (Å²) in [6.45, 7) is 4.00. The molecule has 0 saturated carbocycles. The van der Waals surface area contributed by atoms with E-state index in [1.165, 1.54) is 0 Å². The molecule has 1 aromatic heterocycles. The quantitative estimate of drug-likeness (QED) is 0.454. The van der Waals surface area contributed by atoms with Gasteiger partial charge in [-0.15, -0.1) is 0 Å². The first-order valence-electron chi connectivity index (χ1n) is 9.61. The summed E-state index contributed by atoms with van der Waals surface area (Å²) in [5.41, 5.74) is 7.69. The van der Waals surface area contributed by atoms with Gasteiger partial charge >= 0.3 is 0 Å². The molecule has 1 heterocycles. The SMILES string of the molecule is Cc1ccc(C)c(-c2ccncc2)c1C(=O)Nc1ccc(-c2ccccc2)cc1. The number of benzene rings is 3. The lowest BCUT2D eigenvalue weighted by atomic mass is 9.92. The Bertz CT molecular complexity index is 1130. The van der Waals surface area contributed by atoms with Crippen molar-refractivity contribution in [1.29, 1.82) is 0 Å². The van der Waals surface area contributed by atoms with Crippen LogP contribution in [0.25, 0.3) is 22.3 Å². The van der Waals surface area contributed by atoms with Gasteiger partial charge in [-0.2, -0.15) is 0 Å². The van der Waals surface area contributed by atoms with Crippen LogP contribution in [-0.4, -0.2) is 10.9 Å². The molecular formula is C26H22N2O.